The molecule has 1 aromatic carbocycles. The van der Waals surface area contributed by atoms with E-state index in [0.717, 1.165) is 29.0 Å². The fourth-order valence-corrected chi connectivity index (χ4v) is 2.39. The summed E-state index contributed by atoms with van der Waals surface area (Å²) in [5.41, 5.74) is 1.70. The highest BCUT2D eigenvalue weighted by molar-refractivity contribution is 5.69. The molecule has 0 aromatic heterocycles. The molecule has 1 heterocycles. The molecule has 5 nitrogen and oxygen atoms in total. The molecule has 2 rings (SSSR count). The second kappa shape index (κ2) is 5.84. The summed E-state index contributed by atoms with van der Waals surface area (Å²) in [6, 6.07) is 3.85. The molecule has 0 spiro atoms. The Balaban J connectivity index is 2.22. The number of hydrogen-bond acceptors (Lipinski definition) is 4. The Morgan fingerprint density at radius 3 is 2.48 bits per heavy atom. The summed E-state index contributed by atoms with van der Waals surface area (Å²) in [6.07, 6.45) is 0.480. The molecular formula is C16H23NO4. The van der Waals surface area contributed by atoms with Crippen molar-refractivity contribution in [3.05, 3.63) is 23.3 Å². The number of methoxy groups -OCH3 is 2. The van der Waals surface area contributed by atoms with E-state index in [1.165, 1.54) is 0 Å². The molecule has 0 bridgehead atoms. The number of hydrogen-bond donors (Lipinski definition) is 0. The van der Waals surface area contributed by atoms with Gasteiger partial charge in [0.25, 0.3) is 0 Å². The fourth-order valence-electron chi connectivity index (χ4n) is 2.39. The smallest absolute Gasteiger partial charge is 0.410 e. The normalized spacial score (nSPS) is 14.4. The summed E-state index contributed by atoms with van der Waals surface area (Å²) in [7, 11) is 3.26. The molecule has 116 valence electrons. The molecular weight excluding hydrogens is 270 g/mol. The van der Waals surface area contributed by atoms with Crippen LogP contribution < -0.4 is 9.47 Å². The molecule has 0 radical (unpaired) electrons. The van der Waals surface area contributed by atoms with Crippen molar-refractivity contribution in [3.63, 3.8) is 0 Å². The second-order valence-electron chi connectivity index (χ2n) is 6.12. The summed E-state index contributed by atoms with van der Waals surface area (Å²) >= 11 is 0. The summed E-state index contributed by atoms with van der Waals surface area (Å²) in [5.74, 6) is 1.52. The Morgan fingerprint density at radius 2 is 1.90 bits per heavy atom. The van der Waals surface area contributed by atoms with Crippen molar-refractivity contribution in [1.29, 1.82) is 0 Å². The zero-order valence-corrected chi connectivity index (χ0v) is 13.4. The first-order chi connectivity index (χ1) is 9.84. The van der Waals surface area contributed by atoms with Crippen molar-refractivity contribution < 1.29 is 19.0 Å². The second-order valence-corrected chi connectivity index (χ2v) is 6.12. The van der Waals surface area contributed by atoms with Crippen LogP contribution in [0.2, 0.25) is 0 Å². The van der Waals surface area contributed by atoms with Crippen LogP contribution in [-0.2, 0) is 17.7 Å². The highest BCUT2D eigenvalue weighted by Crippen LogP contribution is 2.33. The molecule has 0 saturated carbocycles. The third-order valence-electron chi connectivity index (χ3n) is 3.38. The van der Waals surface area contributed by atoms with Gasteiger partial charge in [0.2, 0.25) is 0 Å². The molecule has 5 heteroatoms. The zero-order chi connectivity index (χ0) is 15.6. The third kappa shape index (κ3) is 3.60. The number of fused-ring (bicyclic) bond motifs is 1. The topological polar surface area (TPSA) is 48.0 Å². The van der Waals surface area contributed by atoms with Crippen LogP contribution in [0.15, 0.2) is 12.1 Å². The van der Waals surface area contributed by atoms with Crippen molar-refractivity contribution in [2.75, 3.05) is 20.8 Å². The lowest BCUT2D eigenvalue weighted by Crippen LogP contribution is -2.40. The lowest BCUT2D eigenvalue weighted by molar-refractivity contribution is 0.0222. The SMILES string of the molecule is COc1cc2c(c(OC)c1)CN(C(=O)OC(C)(C)C)CC2. The van der Waals surface area contributed by atoms with Crippen LogP contribution in [0.25, 0.3) is 0 Å². The number of carbonyl (C=O) groups is 1. The predicted molar refractivity (Wildman–Crippen MR) is 79.9 cm³/mol. The van der Waals surface area contributed by atoms with Gasteiger partial charge in [-0.1, -0.05) is 0 Å². The minimum absolute atomic E-state index is 0.286. The maximum atomic E-state index is 12.2. The average molecular weight is 293 g/mol. The first kappa shape index (κ1) is 15.5. The van der Waals surface area contributed by atoms with E-state index < -0.39 is 5.60 Å². The van der Waals surface area contributed by atoms with E-state index in [1.807, 2.05) is 32.9 Å². The van der Waals surface area contributed by atoms with Gasteiger partial charge in [-0.15, -0.1) is 0 Å². The summed E-state index contributed by atoms with van der Waals surface area (Å²) in [5, 5.41) is 0. The number of amides is 1. The Morgan fingerprint density at radius 1 is 1.19 bits per heavy atom. The molecule has 1 aliphatic heterocycles. The van der Waals surface area contributed by atoms with E-state index in [1.54, 1.807) is 19.1 Å². The van der Waals surface area contributed by atoms with Crippen LogP contribution >= 0.6 is 0 Å². The molecule has 1 aliphatic rings. The van der Waals surface area contributed by atoms with Gasteiger partial charge in [0.05, 0.1) is 20.8 Å². The highest BCUT2D eigenvalue weighted by atomic mass is 16.6. The van der Waals surface area contributed by atoms with Gasteiger partial charge in [-0.3, -0.25) is 0 Å². The van der Waals surface area contributed by atoms with Gasteiger partial charge in [0, 0.05) is 18.2 Å². The number of benzene rings is 1. The van der Waals surface area contributed by atoms with Crippen molar-refractivity contribution in [3.8, 4) is 11.5 Å². The maximum Gasteiger partial charge on any atom is 0.410 e. The Kier molecular flexibility index (Phi) is 4.30. The van der Waals surface area contributed by atoms with Crippen LogP contribution in [0.3, 0.4) is 0 Å². The van der Waals surface area contributed by atoms with Crippen molar-refractivity contribution in [1.82, 2.24) is 4.90 Å². The molecule has 1 aromatic rings. The van der Waals surface area contributed by atoms with E-state index in [2.05, 4.69) is 0 Å². The zero-order valence-electron chi connectivity index (χ0n) is 13.4. The van der Waals surface area contributed by atoms with Crippen LogP contribution in [-0.4, -0.2) is 37.4 Å². The van der Waals surface area contributed by atoms with E-state index in [0.29, 0.717) is 13.1 Å². The van der Waals surface area contributed by atoms with E-state index in [9.17, 15) is 4.79 Å². The predicted octanol–water partition coefficient (Wildman–Crippen LogP) is 3.00. The van der Waals surface area contributed by atoms with Crippen molar-refractivity contribution >= 4 is 6.09 Å². The Bertz CT molecular complexity index is 517. The van der Waals surface area contributed by atoms with Gasteiger partial charge in [0.1, 0.15) is 17.1 Å². The Labute approximate surface area is 125 Å². The Hall–Kier alpha value is -1.91. The lowest BCUT2D eigenvalue weighted by Gasteiger charge is -2.32. The maximum absolute atomic E-state index is 12.2. The molecule has 0 fully saturated rings. The standard InChI is InChI=1S/C16H23NO4/c1-16(2,3)21-15(18)17-7-6-11-8-12(19-4)9-14(20-5)13(11)10-17/h8-9H,6-7,10H2,1-5H3. The van der Waals surface area contributed by atoms with Gasteiger partial charge < -0.3 is 19.1 Å². The minimum Gasteiger partial charge on any atom is -0.497 e. The van der Waals surface area contributed by atoms with Gasteiger partial charge in [-0.05, 0) is 38.8 Å². The first-order valence-corrected chi connectivity index (χ1v) is 7.05. The van der Waals surface area contributed by atoms with Gasteiger partial charge in [0.15, 0.2) is 0 Å². The number of nitrogens with zero attached hydrogens (tertiary/aromatic N) is 1. The molecule has 0 N–H and O–H groups in total. The van der Waals surface area contributed by atoms with E-state index in [-0.39, 0.29) is 6.09 Å². The van der Waals surface area contributed by atoms with E-state index in [4.69, 9.17) is 14.2 Å². The van der Waals surface area contributed by atoms with Crippen molar-refractivity contribution in [2.45, 2.75) is 39.3 Å². The average Bonchev–Trinajstić information content (AvgIpc) is 2.43. The first-order valence-electron chi connectivity index (χ1n) is 7.05. The molecule has 0 unspecified atom stereocenters. The quantitative estimate of drug-likeness (QED) is 0.841. The number of carbonyl (C=O) groups excluding carboxylic acids is 1. The van der Waals surface area contributed by atoms with E-state index >= 15 is 0 Å². The number of ether oxygens (including phenoxy) is 3. The van der Waals surface area contributed by atoms with Crippen LogP contribution in [0.4, 0.5) is 4.79 Å². The lowest BCUT2D eigenvalue weighted by atomic mass is 9.98. The summed E-state index contributed by atoms with van der Waals surface area (Å²) in [6.45, 7) is 6.74. The van der Waals surface area contributed by atoms with Crippen LogP contribution in [0.1, 0.15) is 31.9 Å². The minimum atomic E-state index is -0.485. The van der Waals surface area contributed by atoms with Crippen molar-refractivity contribution in [2.24, 2.45) is 0 Å². The van der Waals surface area contributed by atoms with Gasteiger partial charge in [-0.2, -0.15) is 0 Å². The molecule has 1 amide bonds. The monoisotopic (exact) mass is 293 g/mol. The molecule has 0 aliphatic carbocycles. The third-order valence-corrected chi connectivity index (χ3v) is 3.38. The fraction of sp³-hybridized carbons (Fsp3) is 0.562. The summed E-state index contributed by atoms with van der Waals surface area (Å²) in [4.78, 5) is 13.9. The molecule has 0 saturated heterocycles. The highest BCUT2D eigenvalue weighted by Gasteiger charge is 2.27. The van der Waals surface area contributed by atoms with Gasteiger partial charge >= 0.3 is 6.09 Å². The summed E-state index contributed by atoms with van der Waals surface area (Å²) < 4.78 is 16.1. The largest absolute Gasteiger partial charge is 0.497 e. The van der Waals surface area contributed by atoms with Crippen LogP contribution in [0.5, 0.6) is 11.5 Å². The van der Waals surface area contributed by atoms with Crippen LogP contribution in [0, 0.1) is 0 Å². The molecule has 0 atom stereocenters. The van der Waals surface area contributed by atoms with Gasteiger partial charge in [-0.25, -0.2) is 4.79 Å². The molecule has 21 heavy (non-hydrogen) atoms. The number of rotatable bonds is 2.